The van der Waals surface area contributed by atoms with Crippen molar-refractivity contribution in [3.8, 4) is 5.75 Å². The second-order valence-corrected chi connectivity index (χ2v) is 6.14. The fourth-order valence-electron chi connectivity index (χ4n) is 2.68. The minimum Gasteiger partial charge on any atom is -0.463 e. The number of esters is 1. The Morgan fingerprint density at radius 1 is 1.12 bits per heavy atom. The zero-order valence-corrected chi connectivity index (χ0v) is 14.6. The van der Waals surface area contributed by atoms with Crippen molar-refractivity contribution in [2.75, 3.05) is 0 Å². The SMILES string of the molecule is CCCCCCCCCC(=O)Oc1ccc2c(=O)c(C=O)coc2c1. The molecule has 0 unspecified atom stereocenters. The first kappa shape index (κ1) is 18.9. The Balaban J connectivity index is 1.85. The molecular weight excluding hydrogens is 320 g/mol. The average molecular weight is 344 g/mol. The first-order valence-corrected chi connectivity index (χ1v) is 8.87. The summed E-state index contributed by atoms with van der Waals surface area (Å²) in [6.07, 6.45) is 9.92. The molecule has 0 aliphatic rings. The van der Waals surface area contributed by atoms with Gasteiger partial charge in [0.2, 0.25) is 5.43 Å². The molecule has 0 aliphatic carbocycles. The molecule has 0 aliphatic heterocycles. The number of carbonyl (C=O) groups excluding carboxylic acids is 2. The Kier molecular flexibility index (Phi) is 7.38. The highest BCUT2D eigenvalue weighted by atomic mass is 16.5. The molecule has 0 fully saturated rings. The molecule has 0 amide bonds. The molecule has 2 aromatic rings. The molecule has 0 saturated carbocycles. The van der Waals surface area contributed by atoms with Gasteiger partial charge in [-0.2, -0.15) is 0 Å². The third-order valence-corrected chi connectivity index (χ3v) is 4.12. The largest absolute Gasteiger partial charge is 0.463 e. The van der Waals surface area contributed by atoms with Gasteiger partial charge in [0, 0.05) is 12.5 Å². The van der Waals surface area contributed by atoms with E-state index in [0.29, 0.717) is 18.5 Å². The summed E-state index contributed by atoms with van der Waals surface area (Å²) in [5, 5.41) is 0.288. The monoisotopic (exact) mass is 344 g/mol. The molecule has 0 spiro atoms. The van der Waals surface area contributed by atoms with Crippen LogP contribution >= 0.6 is 0 Å². The van der Waals surface area contributed by atoms with E-state index in [1.165, 1.54) is 43.9 Å². The highest BCUT2D eigenvalue weighted by Gasteiger charge is 2.10. The van der Waals surface area contributed by atoms with Crippen molar-refractivity contribution in [3.63, 3.8) is 0 Å². The van der Waals surface area contributed by atoms with Gasteiger partial charge in [0.05, 0.1) is 10.9 Å². The highest BCUT2D eigenvalue weighted by Crippen LogP contribution is 2.20. The van der Waals surface area contributed by atoms with Gasteiger partial charge in [-0.05, 0) is 18.6 Å². The maximum absolute atomic E-state index is 12.0. The van der Waals surface area contributed by atoms with Gasteiger partial charge >= 0.3 is 5.97 Å². The number of rotatable bonds is 10. The minimum absolute atomic E-state index is 0.0313. The van der Waals surface area contributed by atoms with E-state index in [-0.39, 0.29) is 22.5 Å². The van der Waals surface area contributed by atoms with Crippen molar-refractivity contribution in [2.24, 2.45) is 0 Å². The highest BCUT2D eigenvalue weighted by molar-refractivity contribution is 5.85. The van der Waals surface area contributed by atoms with Crippen LogP contribution in [0.2, 0.25) is 0 Å². The number of fused-ring (bicyclic) bond motifs is 1. The first-order chi connectivity index (χ1) is 12.2. The Hall–Kier alpha value is -2.43. The zero-order valence-electron chi connectivity index (χ0n) is 14.6. The van der Waals surface area contributed by atoms with E-state index >= 15 is 0 Å². The fourth-order valence-corrected chi connectivity index (χ4v) is 2.68. The number of aldehydes is 1. The van der Waals surface area contributed by atoms with E-state index in [2.05, 4.69) is 6.92 Å². The van der Waals surface area contributed by atoms with Crippen LogP contribution in [-0.2, 0) is 4.79 Å². The quantitative estimate of drug-likeness (QED) is 0.271. The van der Waals surface area contributed by atoms with Crippen LogP contribution in [0, 0.1) is 0 Å². The van der Waals surface area contributed by atoms with E-state index < -0.39 is 5.43 Å². The number of hydrogen-bond acceptors (Lipinski definition) is 5. The standard InChI is InChI=1S/C20H24O5/c1-2-3-4-5-6-7-8-9-19(22)25-16-10-11-17-18(12-16)24-14-15(13-21)20(17)23/h10-14H,2-9H2,1H3. The minimum atomic E-state index is -0.391. The summed E-state index contributed by atoms with van der Waals surface area (Å²) in [5.41, 5.74) is -0.134. The molecule has 0 atom stereocenters. The summed E-state index contributed by atoms with van der Waals surface area (Å²) in [6.45, 7) is 2.19. The van der Waals surface area contributed by atoms with Crippen LogP contribution in [0.25, 0.3) is 11.0 Å². The lowest BCUT2D eigenvalue weighted by molar-refractivity contribution is -0.134. The number of unbranched alkanes of at least 4 members (excludes halogenated alkanes) is 6. The van der Waals surface area contributed by atoms with Gasteiger partial charge in [0.25, 0.3) is 0 Å². The fraction of sp³-hybridized carbons (Fsp3) is 0.450. The predicted octanol–water partition coefficient (Wildman–Crippen LogP) is 4.65. The van der Waals surface area contributed by atoms with E-state index in [1.807, 2.05) is 0 Å². The van der Waals surface area contributed by atoms with Gasteiger partial charge in [-0.1, -0.05) is 45.4 Å². The lowest BCUT2D eigenvalue weighted by Gasteiger charge is -2.05. The van der Waals surface area contributed by atoms with Crippen LogP contribution in [0.4, 0.5) is 0 Å². The second kappa shape index (κ2) is 9.77. The van der Waals surface area contributed by atoms with Gasteiger partial charge < -0.3 is 9.15 Å². The normalized spacial score (nSPS) is 10.8. The molecule has 1 heterocycles. The zero-order chi connectivity index (χ0) is 18.1. The maximum atomic E-state index is 12.0. The molecule has 134 valence electrons. The van der Waals surface area contributed by atoms with Crippen LogP contribution in [-0.4, -0.2) is 12.3 Å². The number of benzene rings is 1. The summed E-state index contributed by atoms with van der Waals surface area (Å²) in [6, 6.07) is 4.54. The molecule has 0 radical (unpaired) electrons. The van der Waals surface area contributed by atoms with Gasteiger partial charge in [-0.15, -0.1) is 0 Å². The summed E-state index contributed by atoms with van der Waals surface area (Å²) in [4.78, 5) is 34.6. The van der Waals surface area contributed by atoms with Gasteiger partial charge in [0.1, 0.15) is 17.6 Å². The Labute approximate surface area is 147 Å². The molecular formula is C20H24O5. The lowest BCUT2D eigenvalue weighted by atomic mass is 10.1. The van der Waals surface area contributed by atoms with Crippen LogP contribution in [0.1, 0.15) is 68.6 Å². The summed E-state index contributed by atoms with van der Waals surface area (Å²) in [5.74, 6) is 0.0437. The average Bonchev–Trinajstić information content (AvgIpc) is 2.61. The van der Waals surface area contributed by atoms with Gasteiger partial charge in [0.15, 0.2) is 6.29 Å². The molecule has 2 rings (SSSR count). The van der Waals surface area contributed by atoms with Gasteiger partial charge in [-0.25, -0.2) is 0 Å². The van der Waals surface area contributed by atoms with E-state index in [0.717, 1.165) is 25.5 Å². The van der Waals surface area contributed by atoms with E-state index in [9.17, 15) is 14.4 Å². The van der Waals surface area contributed by atoms with Crippen molar-refractivity contribution in [1.82, 2.24) is 0 Å². The van der Waals surface area contributed by atoms with Crippen molar-refractivity contribution in [3.05, 3.63) is 40.2 Å². The number of ether oxygens (including phenoxy) is 1. The summed E-state index contributed by atoms with van der Waals surface area (Å²) >= 11 is 0. The molecule has 1 aromatic heterocycles. The Bertz CT molecular complexity index is 775. The van der Waals surface area contributed by atoms with E-state index in [1.54, 1.807) is 0 Å². The van der Waals surface area contributed by atoms with Crippen LogP contribution in [0.3, 0.4) is 0 Å². The molecule has 0 bridgehead atoms. The maximum Gasteiger partial charge on any atom is 0.311 e. The molecule has 0 N–H and O–H groups in total. The lowest BCUT2D eigenvalue weighted by Crippen LogP contribution is -2.09. The van der Waals surface area contributed by atoms with Crippen molar-refractivity contribution in [1.29, 1.82) is 0 Å². The molecule has 1 aromatic carbocycles. The molecule has 0 saturated heterocycles. The van der Waals surface area contributed by atoms with Crippen molar-refractivity contribution in [2.45, 2.75) is 58.3 Å². The van der Waals surface area contributed by atoms with Crippen LogP contribution in [0.5, 0.6) is 5.75 Å². The third kappa shape index (κ3) is 5.55. The summed E-state index contributed by atoms with van der Waals surface area (Å²) < 4.78 is 10.6. The molecule has 5 heteroatoms. The number of carbonyl (C=O) groups is 2. The summed E-state index contributed by atoms with van der Waals surface area (Å²) in [7, 11) is 0. The topological polar surface area (TPSA) is 73.6 Å². The predicted molar refractivity (Wildman–Crippen MR) is 96.1 cm³/mol. The van der Waals surface area contributed by atoms with Crippen LogP contribution in [0.15, 0.2) is 33.7 Å². The van der Waals surface area contributed by atoms with Gasteiger partial charge in [-0.3, -0.25) is 14.4 Å². The second-order valence-electron chi connectivity index (χ2n) is 6.14. The third-order valence-electron chi connectivity index (χ3n) is 4.12. The van der Waals surface area contributed by atoms with Crippen molar-refractivity contribution < 1.29 is 18.7 Å². The molecule has 25 heavy (non-hydrogen) atoms. The molecule has 5 nitrogen and oxygen atoms in total. The smallest absolute Gasteiger partial charge is 0.311 e. The van der Waals surface area contributed by atoms with Crippen LogP contribution < -0.4 is 10.2 Å². The number of hydrogen-bond donors (Lipinski definition) is 0. The van der Waals surface area contributed by atoms with E-state index in [4.69, 9.17) is 9.15 Å². The van der Waals surface area contributed by atoms with Crippen molar-refractivity contribution >= 4 is 23.2 Å². The Morgan fingerprint density at radius 2 is 1.84 bits per heavy atom. The Morgan fingerprint density at radius 3 is 2.56 bits per heavy atom. The first-order valence-electron chi connectivity index (χ1n) is 8.87.